The van der Waals surface area contributed by atoms with Crippen molar-refractivity contribution in [1.29, 1.82) is 0 Å². The van der Waals surface area contributed by atoms with E-state index in [1.54, 1.807) is 11.0 Å². The van der Waals surface area contributed by atoms with Crippen molar-refractivity contribution in [2.75, 3.05) is 7.11 Å². The molecule has 1 amide bonds. The van der Waals surface area contributed by atoms with Crippen LogP contribution >= 0.6 is 0 Å². The van der Waals surface area contributed by atoms with Gasteiger partial charge in [-0.2, -0.15) is 0 Å². The average molecular weight is 580 g/mol. The van der Waals surface area contributed by atoms with Gasteiger partial charge >= 0.3 is 17.9 Å². The number of esters is 1. The normalized spacial score (nSPS) is 13.8. The van der Waals surface area contributed by atoms with Crippen LogP contribution in [0.25, 0.3) is 0 Å². The molecular weight excluding hydrogens is 550 g/mol. The van der Waals surface area contributed by atoms with E-state index >= 15 is 0 Å². The third kappa shape index (κ3) is 6.25. The van der Waals surface area contributed by atoms with E-state index in [1.807, 2.05) is 72.8 Å². The van der Waals surface area contributed by atoms with Crippen LogP contribution < -0.4 is 4.74 Å². The molecule has 0 saturated carbocycles. The molecule has 9 heteroatoms. The number of fused-ring (bicyclic) bond motifs is 1. The highest BCUT2D eigenvalue weighted by molar-refractivity contribution is 6.11. The monoisotopic (exact) mass is 579 g/mol. The molecule has 1 atom stereocenters. The Kier molecular flexibility index (Phi) is 8.52. The van der Waals surface area contributed by atoms with Crippen molar-refractivity contribution in [3.63, 3.8) is 0 Å². The molecule has 0 spiro atoms. The first kappa shape index (κ1) is 29.1. The molecule has 0 bridgehead atoms. The molecule has 1 aliphatic rings. The molecule has 2 N–H and O–H groups in total. The van der Waals surface area contributed by atoms with Crippen molar-refractivity contribution in [3.8, 4) is 11.5 Å². The van der Waals surface area contributed by atoms with E-state index in [9.17, 15) is 29.4 Å². The van der Waals surface area contributed by atoms with E-state index < -0.39 is 46.5 Å². The third-order valence-electron chi connectivity index (χ3n) is 7.46. The Bertz CT molecular complexity index is 1700. The summed E-state index contributed by atoms with van der Waals surface area (Å²) in [7, 11) is 1.08. The number of aromatic carboxylic acids is 2. The second-order valence-corrected chi connectivity index (χ2v) is 10.1. The van der Waals surface area contributed by atoms with Gasteiger partial charge in [-0.15, -0.1) is 0 Å². The molecule has 43 heavy (non-hydrogen) atoms. The molecule has 0 unspecified atom stereocenters. The Morgan fingerprint density at radius 3 is 2.14 bits per heavy atom. The van der Waals surface area contributed by atoms with Crippen LogP contribution in [0.3, 0.4) is 0 Å². The number of methoxy groups -OCH3 is 1. The van der Waals surface area contributed by atoms with Crippen molar-refractivity contribution in [1.82, 2.24) is 4.90 Å². The van der Waals surface area contributed by atoms with Gasteiger partial charge in [0.05, 0.1) is 35.4 Å². The molecule has 0 aromatic heterocycles. The number of amides is 1. The van der Waals surface area contributed by atoms with Crippen LogP contribution in [-0.2, 0) is 17.7 Å². The van der Waals surface area contributed by atoms with Gasteiger partial charge < -0.3 is 24.6 Å². The zero-order valence-corrected chi connectivity index (χ0v) is 23.4. The van der Waals surface area contributed by atoms with Crippen LogP contribution in [0.2, 0.25) is 0 Å². The number of carboxylic acid groups (broad SMARTS) is 2. The minimum Gasteiger partial charge on any atom is -0.478 e. The molecule has 0 fully saturated rings. The summed E-state index contributed by atoms with van der Waals surface area (Å²) in [6.07, 6.45) is 2.28. The number of nitrogens with zero attached hydrogens (tertiary/aromatic N) is 1. The number of carboxylic acids is 2. The molecule has 5 rings (SSSR count). The first-order chi connectivity index (χ1) is 20.8. The topological polar surface area (TPSA) is 130 Å². The predicted molar refractivity (Wildman–Crippen MR) is 157 cm³/mol. The summed E-state index contributed by atoms with van der Waals surface area (Å²) >= 11 is 0. The molecule has 4 aromatic rings. The molecule has 0 aliphatic heterocycles. The summed E-state index contributed by atoms with van der Waals surface area (Å²) in [5.41, 5.74) is 0.963. The SMILES string of the molecule is COC(=O)c1cc(C(=O)N(Cc2cccc(Oc3ccccc3)c2)[C@H]2CCCc3ccccc32)c(C(=O)O)cc1C(=O)O. The maximum Gasteiger partial charge on any atom is 0.338 e. The third-order valence-corrected chi connectivity index (χ3v) is 7.46. The molecule has 0 saturated heterocycles. The molecule has 9 nitrogen and oxygen atoms in total. The van der Waals surface area contributed by atoms with Crippen molar-refractivity contribution in [2.24, 2.45) is 0 Å². The Morgan fingerprint density at radius 2 is 1.42 bits per heavy atom. The van der Waals surface area contributed by atoms with Gasteiger partial charge in [-0.05, 0) is 72.4 Å². The van der Waals surface area contributed by atoms with E-state index in [0.29, 0.717) is 17.9 Å². The lowest BCUT2D eigenvalue weighted by atomic mass is 9.86. The largest absolute Gasteiger partial charge is 0.478 e. The molecule has 0 heterocycles. The summed E-state index contributed by atoms with van der Waals surface area (Å²) in [5, 5.41) is 19.7. The van der Waals surface area contributed by atoms with Crippen molar-refractivity contribution >= 4 is 23.8 Å². The molecule has 4 aromatic carbocycles. The second kappa shape index (κ2) is 12.6. The van der Waals surface area contributed by atoms with Gasteiger partial charge in [0.25, 0.3) is 5.91 Å². The van der Waals surface area contributed by atoms with Crippen molar-refractivity contribution < 1.29 is 38.9 Å². The number of benzene rings is 4. The lowest BCUT2D eigenvalue weighted by Crippen LogP contribution is -2.37. The summed E-state index contributed by atoms with van der Waals surface area (Å²) in [4.78, 5) is 52.8. The predicted octanol–water partition coefficient (Wildman–Crippen LogP) is 6.38. The number of para-hydroxylation sites is 1. The Balaban J connectivity index is 1.61. The lowest BCUT2D eigenvalue weighted by molar-refractivity contribution is 0.0578. The molecular formula is C34H29NO8. The highest BCUT2D eigenvalue weighted by Crippen LogP contribution is 2.37. The van der Waals surface area contributed by atoms with Crippen LogP contribution in [0, 0.1) is 0 Å². The van der Waals surface area contributed by atoms with E-state index in [-0.39, 0.29) is 12.1 Å². The summed E-state index contributed by atoms with van der Waals surface area (Å²) < 4.78 is 10.8. The molecule has 218 valence electrons. The Hall–Kier alpha value is -5.44. The van der Waals surface area contributed by atoms with Gasteiger partial charge in [0.1, 0.15) is 11.5 Å². The van der Waals surface area contributed by atoms with Crippen LogP contribution in [0.15, 0.2) is 91.0 Å². The van der Waals surface area contributed by atoms with E-state index in [0.717, 1.165) is 48.8 Å². The number of rotatable bonds is 9. The minimum absolute atomic E-state index is 0.0944. The first-order valence-corrected chi connectivity index (χ1v) is 13.7. The number of ether oxygens (including phenoxy) is 2. The average Bonchev–Trinajstić information content (AvgIpc) is 3.02. The Morgan fingerprint density at radius 1 is 0.767 bits per heavy atom. The van der Waals surface area contributed by atoms with Crippen LogP contribution in [0.1, 0.15) is 77.0 Å². The summed E-state index contributed by atoms with van der Waals surface area (Å²) in [5.74, 6) is -3.46. The van der Waals surface area contributed by atoms with Gasteiger partial charge in [0.2, 0.25) is 0 Å². The fourth-order valence-corrected chi connectivity index (χ4v) is 5.47. The van der Waals surface area contributed by atoms with Crippen molar-refractivity contribution in [2.45, 2.75) is 31.8 Å². The number of hydrogen-bond donors (Lipinski definition) is 2. The Labute approximate surface area is 247 Å². The minimum atomic E-state index is -1.52. The number of hydrogen-bond acceptors (Lipinski definition) is 6. The lowest BCUT2D eigenvalue weighted by Gasteiger charge is -2.36. The maximum atomic E-state index is 14.4. The van der Waals surface area contributed by atoms with E-state index in [4.69, 9.17) is 9.47 Å². The van der Waals surface area contributed by atoms with Crippen LogP contribution in [0.5, 0.6) is 11.5 Å². The second-order valence-electron chi connectivity index (χ2n) is 10.1. The quantitative estimate of drug-likeness (QED) is 0.218. The van der Waals surface area contributed by atoms with Gasteiger partial charge in [0.15, 0.2) is 0 Å². The van der Waals surface area contributed by atoms with E-state index in [1.165, 1.54) is 0 Å². The highest BCUT2D eigenvalue weighted by atomic mass is 16.5. The van der Waals surface area contributed by atoms with Crippen molar-refractivity contribution in [3.05, 3.63) is 130 Å². The van der Waals surface area contributed by atoms with Gasteiger partial charge in [-0.3, -0.25) is 4.79 Å². The number of aryl methyl sites for hydroxylation is 1. The fraction of sp³-hybridized carbons (Fsp3) is 0.176. The van der Waals surface area contributed by atoms with Gasteiger partial charge in [0, 0.05) is 6.54 Å². The first-order valence-electron chi connectivity index (χ1n) is 13.7. The summed E-state index contributed by atoms with van der Waals surface area (Å²) in [6, 6.07) is 25.8. The molecule has 0 radical (unpaired) electrons. The van der Waals surface area contributed by atoms with Gasteiger partial charge in [-0.1, -0.05) is 54.6 Å². The highest BCUT2D eigenvalue weighted by Gasteiger charge is 2.34. The maximum absolute atomic E-state index is 14.4. The van der Waals surface area contributed by atoms with E-state index in [2.05, 4.69) is 0 Å². The standard InChI is InChI=1S/C34H29NO8/c1-42-34(41)29-18-26(27(32(37)38)19-28(29)33(39)40)31(36)35(30-16-8-11-22-10-5-6-15-25(22)30)20-21-9-7-14-24(17-21)43-23-12-3-2-4-13-23/h2-7,9-10,12-15,17-19,30H,8,11,16,20H2,1H3,(H,37,38)(H,39,40)/t30-/m0/s1. The smallest absolute Gasteiger partial charge is 0.338 e. The summed E-state index contributed by atoms with van der Waals surface area (Å²) in [6.45, 7) is 0.0944. The van der Waals surface area contributed by atoms with Crippen LogP contribution in [-0.4, -0.2) is 46.0 Å². The van der Waals surface area contributed by atoms with Crippen LogP contribution in [0.4, 0.5) is 0 Å². The molecule has 1 aliphatic carbocycles. The van der Waals surface area contributed by atoms with Gasteiger partial charge in [-0.25, -0.2) is 14.4 Å². The number of carbonyl (C=O) groups excluding carboxylic acids is 2. The zero-order chi connectivity index (χ0) is 30.5. The number of carbonyl (C=O) groups is 4. The zero-order valence-electron chi connectivity index (χ0n) is 23.4. The fourth-order valence-electron chi connectivity index (χ4n) is 5.47.